The molecule has 0 spiro atoms. The second-order valence-corrected chi connectivity index (χ2v) is 4.96. The zero-order chi connectivity index (χ0) is 10.3. The summed E-state index contributed by atoms with van der Waals surface area (Å²) in [4.78, 5) is 10.8. The Balaban J connectivity index is 2.04. The summed E-state index contributed by atoms with van der Waals surface area (Å²) in [5.74, 6) is 1.23. The van der Waals surface area contributed by atoms with Gasteiger partial charge in [-0.05, 0) is 31.6 Å². The van der Waals surface area contributed by atoms with Crippen LogP contribution >= 0.6 is 0 Å². The molecule has 2 bridgehead atoms. The molecule has 0 unspecified atom stereocenters. The molecule has 1 fully saturated rings. The second kappa shape index (κ2) is 3.11. The van der Waals surface area contributed by atoms with Gasteiger partial charge in [-0.3, -0.25) is 4.79 Å². The predicted molar refractivity (Wildman–Crippen MR) is 54.7 cm³/mol. The molecule has 0 saturated heterocycles. The molecule has 2 heteroatoms. The summed E-state index contributed by atoms with van der Waals surface area (Å²) in [5, 5.41) is 0. The summed E-state index contributed by atoms with van der Waals surface area (Å²) in [6.45, 7) is 6.54. The number of rotatable bonds is 2. The van der Waals surface area contributed by atoms with Crippen LogP contribution in [0.3, 0.4) is 0 Å². The molecule has 0 N–H and O–H groups in total. The van der Waals surface area contributed by atoms with Gasteiger partial charge in [-0.15, -0.1) is 0 Å². The Hall–Kier alpha value is -0.790. The molecule has 3 atom stereocenters. The van der Waals surface area contributed by atoms with Crippen LogP contribution in [0.15, 0.2) is 11.6 Å². The van der Waals surface area contributed by atoms with Crippen molar-refractivity contribution in [1.29, 1.82) is 0 Å². The molecule has 3 rings (SSSR count). The molecule has 2 nitrogen and oxygen atoms in total. The molecule has 1 saturated carbocycles. The van der Waals surface area contributed by atoms with Crippen molar-refractivity contribution in [3.63, 3.8) is 0 Å². The third-order valence-electron chi connectivity index (χ3n) is 4.11. The second-order valence-electron chi connectivity index (χ2n) is 4.96. The molecule has 0 heterocycles. The van der Waals surface area contributed by atoms with Crippen LogP contribution in [-0.4, -0.2) is 12.6 Å². The summed E-state index contributed by atoms with van der Waals surface area (Å²) < 4.78 is 5.17. The van der Waals surface area contributed by atoms with Gasteiger partial charge in [-0.1, -0.05) is 18.6 Å². The number of esters is 1. The van der Waals surface area contributed by atoms with Crippen molar-refractivity contribution in [3.05, 3.63) is 11.6 Å². The monoisotopic (exact) mass is 194 g/mol. The lowest BCUT2D eigenvalue weighted by Crippen LogP contribution is -2.52. The smallest absolute Gasteiger partial charge is 0.302 e. The number of carbonyl (C=O) groups excluding carboxylic acids is 1. The largest absolute Gasteiger partial charge is 0.465 e. The van der Waals surface area contributed by atoms with E-state index in [1.807, 2.05) is 0 Å². The number of ether oxygens (including phenoxy) is 1. The maximum absolute atomic E-state index is 10.8. The van der Waals surface area contributed by atoms with E-state index in [9.17, 15) is 4.79 Å². The van der Waals surface area contributed by atoms with Crippen LogP contribution in [0.1, 0.15) is 33.6 Å². The molecule has 3 aliphatic carbocycles. The lowest BCUT2D eigenvalue weighted by molar-refractivity contribution is -0.154. The first-order chi connectivity index (χ1) is 6.54. The summed E-state index contributed by atoms with van der Waals surface area (Å²) in [6.07, 6.45) is 4.80. The van der Waals surface area contributed by atoms with Gasteiger partial charge in [0.15, 0.2) is 0 Å². The van der Waals surface area contributed by atoms with Gasteiger partial charge < -0.3 is 4.74 Å². The van der Waals surface area contributed by atoms with Crippen LogP contribution in [0.2, 0.25) is 0 Å². The van der Waals surface area contributed by atoms with Gasteiger partial charge in [-0.2, -0.15) is 0 Å². The fourth-order valence-electron chi connectivity index (χ4n) is 2.96. The molecular formula is C12H18O2. The first-order valence-electron chi connectivity index (χ1n) is 5.34. The summed E-state index contributed by atoms with van der Waals surface area (Å²) >= 11 is 0. The van der Waals surface area contributed by atoms with E-state index in [2.05, 4.69) is 19.9 Å². The van der Waals surface area contributed by atoms with E-state index in [4.69, 9.17) is 4.74 Å². The highest BCUT2D eigenvalue weighted by molar-refractivity contribution is 5.66. The lowest BCUT2D eigenvalue weighted by Gasteiger charge is -2.57. The molecular weight excluding hydrogens is 176 g/mol. The van der Waals surface area contributed by atoms with Crippen molar-refractivity contribution in [1.82, 2.24) is 0 Å². The molecule has 0 amide bonds. The van der Waals surface area contributed by atoms with E-state index >= 15 is 0 Å². The fraction of sp³-hybridized carbons (Fsp3) is 0.750. The molecule has 14 heavy (non-hydrogen) atoms. The highest BCUT2D eigenvalue weighted by Crippen LogP contribution is 2.59. The third kappa shape index (κ3) is 1.28. The zero-order valence-electron chi connectivity index (χ0n) is 9.17. The van der Waals surface area contributed by atoms with E-state index in [1.54, 1.807) is 0 Å². The van der Waals surface area contributed by atoms with E-state index in [0.29, 0.717) is 12.5 Å². The first kappa shape index (κ1) is 9.75. The summed E-state index contributed by atoms with van der Waals surface area (Å²) in [6, 6.07) is 0. The van der Waals surface area contributed by atoms with Gasteiger partial charge >= 0.3 is 5.97 Å². The first-order valence-corrected chi connectivity index (χ1v) is 5.34. The Morgan fingerprint density at radius 3 is 2.93 bits per heavy atom. The molecule has 0 aliphatic heterocycles. The number of allylic oxidation sites excluding steroid dienone is 2. The number of fused-ring (bicyclic) bond motifs is 1. The van der Waals surface area contributed by atoms with Crippen LogP contribution in [0.5, 0.6) is 0 Å². The minimum Gasteiger partial charge on any atom is -0.465 e. The minimum atomic E-state index is -0.155. The molecule has 0 aromatic carbocycles. The Morgan fingerprint density at radius 1 is 1.71 bits per heavy atom. The van der Waals surface area contributed by atoms with Gasteiger partial charge in [0, 0.05) is 12.3 Å². The number of carbonyl (C=O) groups is 1. The topological polar surface area (TPSA) is 26.3 Å². The standard InChI is InChI=1S/C12H18O2/c1-8-4-5-10-6-11(8)12(10,3)7-14-9(2)13/h4,10-11H,5-7H2,1-3H3/t10-,11-,12+/m0/s1. The van der Waals surface area contributed by atoms with Crippen LogP contribution in [0, 0.1) is 17.3 Å². The Bertz CT molecular complexity index is 293. The van der Waals surface area contributed by atoms with Crippen molar-refractivity contribution < 1.29 is 9.53 Å². The fourth-order valence-corrected chi connectivity index (χ4v) is 2.96. The minimum absolute atomic E-state index is 0.155. The van der Waals surface area contributed by atoms with Crippen LogP contribution < -0.4 is 0 Å². The Morgan fingerprint density at radius 2 is 2.43 bits per heavy atom. The van der Waals surface area contributed by atoms with Crippen LogP contribution in [0.4, 0.5) is 0 Å². The summed E-state index contributed by atoms with van der Waals surface area (Å²) in [7, 11) is 0. The van der Waals surface area contributed by atoms with Gasteiger partial charge in [0.2, 0.25) is 0 Å². The average Bonchev–Trinajstić information content (AvgIpc) is 2.13. The Labute approximate surface area is 85.3 Å². The van der Waals surface area contributed by atoms with Crippen molar-refractivity contribution in [2.75, 3.05) is 6.61 Å². The highest BCUT2D eigenvalue weighted by atomic mass is 16.5. The molecule has 78 valence electrons. The predicted octanol–water partition coefficient (Wildman–Crippen LogP) is 2.54. The van der Waals surface area contributed by atoms with Gasteiger partial charge in [0.25, 0.3) is 0 Å². The maximum atomic E-state index is 10.8. The molecule has 0 aromatic heterocycles. The molecule has 0 radical (unpaired) electrons. The Kier molecular flexibility index (Phi) is 2.17. The lowest BCUT2D eigenvalue weighted by atomic mass is 9.48. The molecule has 3 aliphatic rings. The van der Waals surface area contributed by atoms with Crippen LogP contribution in [-0.2, 0) is 9.53 Å². The zero-order valence-corrected chi connectivity index (χ0v) is 9.17. The highest BCUT2D eigenvalue weighted by Gasteiger charge is 2.54. The quantitative estimate of drug-likeness (QED) is 0.499. The van der Waals surface area contributed by atoms with E-state index < -0.39 is 0 Å². The van der Waals surface area contributed by atoms with Crippen molar-refractivity contribution >= 4 is 5.97 Å². The normalized spacial score (nSPS) is 39.8. The van der Waals surface area contributed by atoms with Gasteiger partial charge in [0.1, 0.15) is 0 Å². The van der Waals surface area contributed by atoms with Gasteiger partial charge in [0.05, 0.1) is 6.61 Å². The van der Waals surface area contributed by atoms with Crippen molar-refractivity contribution in [2.45, 2.75) is 33.6 Å². The van der Waals surface area contributed by atoms with E-state index in [-0.39, 0.29) is 11.4 Å². The average molecular weight is 194 g/mol. The van der Waals surface area contributed by atoms with Crippen molar-refractivity contribution in [2.24, 2.45) is 17.3 Å². The third-order valence-corrected chi connectivity index (χ3v) is 4.11. The number of hydrogen-bond acceptors (Lipinski definition) is 2. The van der Waals surface area contributed by atoms with E-state index in [1.165, 1.54) is 25.3 Å². The maximum Gasteiger partial charge on any atom is 0.302 e. The van der Waals surface area contributed by atoms with Crippen molar-refractivity contribution in [3.8, 4) is 0 Å². The summed E-state index contributed by atoms with van der Waals surface area (Å²) in [5.41, 5.74) is 1.71. The SMILES string of the molecule is CC(=O)OC[C@]1(C)[C@H]2CC=C(C)[C@@H]1C2. The molecule has 0 aromatic rings. The van der Waals surface area contributed by atoms with E-state index in [0.717, 1.165) is 5.92 Å². The van der Waals surface area contributed by atoms with Crippen LogP contribution in [0.25, 0.3) is 0 Å². The number of hydrogen-bond donors (Lipinski definition) is 0. The van der Waals surface area contributed by atoms with Gasteiger partial charge in [-0.25, -0.2) is 0 Å².